The van der Waals surface area contributed by atoms with E-state index in [2.05, 4.69) is 43.0 Å². The van der Waals surface area contributed by atoms with Gasteiger partial charge in [-0.2, -0.15) is 0 Å². The Labute approximate surface area is 135 Å². The number of hydrogen-bond donors (Lipinski definition) is 2. The van der Waals surface area contributed by atoms with Gasteiger partial charge in [0.25, 0.3) is 0 Å². The van der Waals surface area contributed by atoms with Crippen LogP contribution in [0.4, 0.5) is 5.69 Å². The second-order valence-electron chi connectivity index (χ2n) is 6.65. The number of nitrogens with zero attached hydrogens (tertiary/aromatic N) is 1. The van der Waals surface area contributed by atoms with E-state index < -0.39 is 12.2 Å². The van der Waals surface area contributed by atoms with Crippen LogP contribution in [0.15, 0.2) is 24.3 Å². The van der Waals surface area contributed by atoms with Crippen molar-refractivity contribution < 1.29 is 10.2 Å². The lowest BCUT2D eigenvalue weighted by atomic mass is 9.67. The predicted molar refractivity (Wildman–Crippen MR) is 92.4 cm³/mol. The highest BCUT2D eigenvalue weighted by Crippen LogP contribution is 2.42. The molecule has 0 bridgehead atoms. The molecule has 124 valence electrons. The fourth-order valence-electron chi connectivity index (χ4n) is 3.28. The van der Waals surface area contributed by atoms with Gasteiger partial charge in [-0.25, -0.2) is 0 Å². The van der Waals surface area contributed by atoms with E-state index in [1.165, 1.54) is 31.4 Å². The van der Waals surface area contributed by atoms with Crippen molar-refractivity contribution in [2.75, 3.05) is 18.0 Å². The first-order chi connectivity index (χ1) is 10.6. The highest BCUT2D eigenvalue weighted by atomic mass is 16.3. The van der Waals surface area contributed by atoms with Gasteiger partial charge in [0.15, 0.2) is 0 Å². The first kappa shape index (κ1) is 17.3. The Morgan fingerprint density at radius 2 is 1.41 bits per heavy atom. The van der Waals surface area contributed by atoms with E-state index in [0.717, 1.165) is 18.7 Å². The molecule has 3 nitrogen and oxygen atoms in total. The second kappa shape index (κ2) is 7.98. The third kappa shape index (κ3) is 3.64. The topological polar surface area (TPSA) is 43.7 Å². The van der Waals surface area contributed by atoms with Gasteiger partial charge in [0.2, 0.25) is 0 Å². The van der Waals surface area contributed by atoms with Crippen LogP contribution in [0.3, 0.4) is 0 Å². The van der Waals surface area contributed by atoms with Crippen LogP contribution in [0.1, 0.15) is 57.9 Å². The van der Waals surface area contributed by atoms with E-state index >= 15 is 0 Å². The molecule has 0 aliphatic heterocycles. The van der Waals surface area contributed by atoms with E-state index in [1.807, 2.05) is 6.92 Å². The smallest absolute Gasteiger partial charge is 0.0684 e. The van der Waals surface area contributed by atoms with Crippen molar-refractivity contribution in [2.24, 2.45) is 5.92 Å². The van der Waals surface area contributed by atoms with Crippen molar-refractivity contribution in [1.82, 2.24) is 0 Å². The van der Waals surface area contributed by atoms with Gasteiger partial charge in [-0.05, 0) is 30.5 Å². The van der Waals surface area contributed by atoms with E-state index in [-0.39, 0.29) is 11.8 Å². The largest absolute Gasteiger partial charge is 0.392 e. The van der Waals surface area contributed by atoms with Gasteiger partial charge < -0.3 is 15.1 Å². The lowest BCUT2D eigenvalue weighted by molar-refractivity contribution is -0.107. The number of rotatable bonds is 8. The summed E-state index contributed by atoms with van der Waals surface area (Å²) >= 11 is 0. The van der Waals surface area contributed by atoms with Crippen LogP contribution < -0.4 is 4.90 Å². The summed E-state index contributed by atoms with van der Waals surface area (Å²) in [7, 11) is 0. The highest BCUT2D eigenvalue weighted by molar-refractivity contribution is 5.48. The number of aliphatic hydroxyl groups excluding tert-OH is 2. The first-order valence-corrected chi connectivity index (χ1v) is 8.81. The molecule has 1 aliphatic carbocycles. The van der Waals surface area contributed by atoms with Crippen LogP contribution in [0.5, 0.6) is 0 Å². The standard InChI is InChI=1S/C19H31NO2/c1-4-6-12-20(13-7-5-2)16-10-8-15(9-11-16)17-18(21)14(3)19(17)22/h8-11,14,17-19,21-22H,4-7,12-13H2,1-3H3. The quantitative estimate of drug-likeness (QED) is 0.772. The third-order valence-electron chi connectivity index (χ3n) is 5.02. The summed E-state index contributed by atoms with van der Waals surface area (Å²) < 4.78 is 0. The summed E-state index contributed by atoms with van der Waals surface area (Å²) in [6.07, 6.45) is 4.00. The second-order valence-corrected chi connectivity index (χ2v) is 6.65. The molecule has 1 saturated carbocycles. The minimum atomic E-state index is -0.419. The van der Waals surface area contributed by atoms with Crippen molar-refractivity contribution in [2.45, 2.75) is 64.6 Å². The van der Waals surface area contributed by atoms with Gasteiger partial charge in [0.05, 0.1) is 12.2 Å². The van der Waals surface area contributed by atoms with E-state index in [4.69, 9.17) is 0 Å². The molecule has 0 heterocycles. The van der Waals surface area contributed by atoms with Crippen molar-refractivity contribution in [3.63, 3.8) is 0 Å². The first-order valence-electron chi connectivity index (χ1n) is 8.81. The molecule has 3 heteroatoms. The number of hydrogen-bond acceptors (Lipinski definition) is 3. The summed E-state index contributed by atoms with van der Waals surface area (Å²) in [5.74, 6) is -0.140. The molecule has 0 aromatic heterocycles. The van der Waals surface area contributed by atoms with Crippen molar-refractivity contribution >= 4 is 5.69 Å². The van der Waals surface area contributed by atoms with Gasteiger partial charge in [-0.3, -0.25) is 0 Å². The Morgan fingerprint density at radius 1 is 0.909 bits per heavy atom. The summed E-state index contributed by atoms with van der Waals surface area (Å²) in [6.45, 7) is 8.55. The molecular formula is C19H31NO2. The summed E-state index contributed by atoms with van der Waals surface area (Å²) in [4.78, 5) is 2.45. The molecule has 1 aliphatic rings. The number of anilines is 1. The number of aliphatic hydroxyl groups is 2. The molecule has 2 atom stereocenters. The maximum Gasteiger partial charge on any atom is 0.0684 e. The molecule has 1 aromatic rings. The van der Waals surface area contributed by atoms with E-state index in [1.54, 1.807) is 0 Å². The average Bonchev–Trinajstić information content (AvgIpc) is 2.55. The summed E-state index contributed by atoms with van der Waals surface area (Å²) in [6, 6.07) is 8.43. The molecule has 0 radical (unpaired) electrons. The molecule has 22 heavy (non-hydrogen) atoms. The molecule has 1 aromatic carbocycles. The van der Waals surface area contributed by atoms with Crippen LogP contribution in [0, 0.1) is 5.92 Å². The average molecular weight is 305 g/mol. The van der Waals surface area contributed by atoms with Crippen LogP contribution in [-0.2, 0) is 0 Å². The fourth-order valence-corrected chi connectivity index (χ4v) is 3.28. The zero-order valence-corrected chi connectivity index (χ0v) is 14.2. The molecule has 2 rings (SSSR count). The SMILES string of the molecule is CCCCN(CCCC)c1ccc(C2C(O)C(C)C2O)cc1. The Hall–Kier alpha value is -1.06. The zero-order chi connectivity index (χ0) is 16.1. The minimum absolute atomic E-state index is 0.0183. The number of benzene rings is 1. The third-order valence-corrected chi connectivity index (χ3v) is 5.02. The Bertz CT molecular complexity index is 427. The molecule has 0 amide bonds. The van der Waals surface area contributed by atoms with Crippen molar-refractivity contribution in [3.05, 3.63) is 29.8 Å². The van der Waals surface area contributed by atoms with E-state index in [9.17, 15) is 10.2 Å². The molecule has 0 spiro atoms. The normalized spacial score (nSPS) is 27.5. The highest BCUT2D eigenvalue weighted by Gasteiger charge is 2.46. The molecule has 1 fully saturated rings. The van der Waals surface area contributed by atoms with Crippen molar-refractivity contribution in [3.8, 4) is 0 Å². The molecular weight excluding hydrogens is 274 g/mol. The van der Waals surface area contributed by atoms with Crippen LogP contribution in [0.25, 0.3) is 0 Å². The Morgan fingerprint density at radius 3 is 1.86 bits per heavy atom. The minimum Gasteiger partial charge on any atom is -0.392 e. The molecule has 0 saturated heterocycles. The predicted octanol–water partition coefficient (Wildman–Crippen LogP) is 3.55. The monoisotopic (exact) mass is 305 g/mol. The van der Waals surface area contributed by atoms with Gasteiger partial charge >= 0.3 is 0 Å². The molecule has 2 N–H and O–H groups in total. The van der Waals surface area contributed by atoms with Gasteiger partial charge in [0.1, 0.15) is 0 Å². The van der Waals surface area contributed by atoms with Gasteiger partial charge in [0, 0.05) is 30.6 Å². The lowest BCUT2D eigenvalue weighted by Crippen LogP contribution is -2.51. The van der Waals surface area contributed by atoms with Crippen molar-refractivity contribution in [1.29, 1.82) is 0 Å². The maximum atomic E-state index is 10.0. The van der Waals surface area contributed by atoms with Gasteiger partial charge in [-0.1, -0.05) is 45.7 Å². The number of unbranched alkanes of at least 4 members (excludes halogenated alkanes) is 2. The summed E-state index contributed by atoms with van der Waals surface area (Å²) in [5.41, 5.74) is 2.30. The maximum absolute atomic E-state index is 10.0. The van der Waals surface area contributed by atoms with Crippen LogP contribution in [-0.4, -0.2) is 35.5 Å². The lowest BCUT2D eigenvalue weighted by Gasteiger charge is -2.45. The van der Waals surface area contributed by atoms with Crippen LogP contribution >= 0.6 is 0 Å². The Kier molecular flexibility index (Phi) is 6.27. The fraction of sp³-hybridized carbons (Fsp3) is 0.684. The zero-order valence-electron chi connectivity index (χ0n) is 14.2. The Balaban J connectivity index is 2.05. The molecule has 2 unspecified atom stereocenters. The van der Waals surface area contributed by atoms with E-state index in [0.29, 0.717) is 0 Å². The van der Waals surface area contributed by atoms with Crippen LogP contribution in [0.2, 0.25) is 0 Å². The van der Waals surface area contributed by atoms with Gasteiger partial charge in [-0.15, -0.1) is 0 Å². The summed E-state index contributed by atoms with van der Waals surface area (Å²) in [5, 5.41) is 20.1.